The van der Waals surface area contributed by atoms with E-state index in [0.717, 1.165) is 35.8 Å². The Hall–Kier alpha value is -2.20. The molecule has 126 valence electrons. The number of carbonyl (C=O) groups is 1. The van der Waals surface area contributed by atoms with Gasteiger partial charge in [0.2, 0.25) is 5.91 Å². The van der Waals surface area contributed by atoms with Crippen LogP contribution in [0.2, 0.25) is 5.02 Å². The van der Waals surface area contributed by atoms with Crippen molar-refractivity contribution in [3.8, 4) is 5.75 Å². The normalized spacial score (nSPS) is 13.8. The Morgan fingerprint density at radius 3 is 2.75 bits per heavy atom. The third kappa shape index (κ3) is 4.01. The van der Waals surface area contributed by atoms with Crippen molar-refractivity contribution in [2.75, 3.05) is 30.4 Å². The third-order valence-corrected chi connectivity index (χ3v) is 4.41. The minimum absolute atomic E-state index is 0.0639. The van der Waals surface area contributed by atoms with Crippen LogP contribution in [0, 0.1) is 0 Å². The molecular formula is C19H21ClN2O2. The summed E-state index contributed by atoms with van der Waals surface area (Å²) in [6.45, 7) is 2.03. The molecule has 1 N–H and O–H groups in total. The standard InChI is InChI=1S/C19H21ClN2O2/c1-24-16-6-4-5-14(11-16)12-19(23)21-17-13-15(20)7-8-18(17)22-9-2-3-10-22/h4-8,11,13H,2-3,9-10,12H2,1H3,(H,21,23). The second-order valence-corrected chi connectivity index (χ2v) is 6.37. The van der Waals surface area contributed by atoms with Gasteiger partial charge in [0.1, 0.15) is 5.75 Å². The summed E-state index contributed by atoms with van der Waals surface area (Å²) in [5.41, 5.74) is 2.73. The highest BCUT2D eigenvalue weighted by molar-refractivity contribution is 6.31. The predicted octanol–water partition coefficient (Wildman–Crippen LogP) is 4.13. The molecule has 1 amide bonds. The molecule has 0 radical (unpaired) electrons. The number of anilines is 2. The maximum Gasteiger partial charge on any atom is 0.228 e. The highest BCUT2D eigenvalue weighted by Crippen LogP contribution is 2.31. The van der Waals surface area contributed by atoms with Crippen molar-refractivity contribution in [2.45, 2.75) is 19.3 Å². The number of nitrogens with one attached hydrogen (secondary N) is 1. The van der Waals surface area contributed by atoms with Crippen molar-refractivity contribution < 1.29 is 9.53 Å². The van der Waals surface area contributed by atoms with E-state index in [2.05, 4.69) is 10.2 Å². The van der Waals surface area contributed by atoms with E-state index in [1.165, 1.54) is 12.8 Å². The SMILES string of the molecule is COc1cccc(CC(=O)Nc2cc(Cl)ccc2N2CCCC2)c1. The molecule has 2 aromatic carbocycles. The van der Waals surface area contributed by atoms with Crippen LogP contribution in [0.25, 0.3) is 0 Å². The number of nitrogens with zero attached hydrogens (tertiary/aromatic N) is 1. The quantitative estimate of drug-likeness (QED) is 0.886. The third-order valence-electron chi connectivity index (χ3n) is 4.18. The predicted molar refractivity (Wildman–Crippen MR) is 98.2 cm³/mol. The lowest BCUT2D eigenvalue weighted by Gasteiger charge is -2.22. The van der Waals surface area contributed by atoms with Gasteiger partial charge in [-0.3, -0.25) is 4.79 Å². The van der Waals surface area contributed by atoms with Crippen LogP contribution in [0.5, 0.6) is 5.75 Å². The Bertz CT molecular complexity index is 727. The number of amides is 1. The Balaban J connectivity index is 1.74. The molecule has 0 unspecified atom stereocenters. The molecule has 0 bridgehead atoms. The summed E-state index contributed by atoms with van der Waals surface area (Å²) in [4.78, 5) is 14.7. The first-order valence-electron chi connectivity index (χ1n) is 8.13. The lowest BCUT2D eigenvalue weighted by Crippen LogP contribution is -2.21. The maximum absolute atomic E-state index is 12.4. The van der Waals surface area contributed by atoms with Crippen molar-refractivity contribution in [1.29, 1.82) is 0 Å². The summed E-state index contributed by atoms with van der Waals surface area (Å²) in [5.74, 6) is 0.687. The minimum Gasteiger partial charge on any atom is -0.497 e. The topological polar surface area (TPSA) is 41.6 Å². The van der Waals surface area contributed by atoms with E-state index in [0.29, 0.717) is 11.4 Å². The van der Waals surface area contributed by atoms with Gasteiger partial charge in [0.05, 0.1) is 24.9 Å². The molecule has 2 aromatic rings. The zero-order valence-corrected chi connectivity index (χ0v) is 14.5. The second-order valence-electron chi connectivity index (χ2n) is 5.93. The average Bonchev–Trinajstić information content (AvgIpc) is 3.09. The van der Waals surface area contributed by atoms with Gasteiger partial charge in [0.25, 0.3) is 0 Å². The number of hydrogen-bond donors (Lipinski definition) is 1. The number of halogens is 1. The molecule has 1 heterocycles. The van der Waals surface area contributed by atoms with Gasteiger partial charge in [-0.15, -0.1) is 0 Å². The van der Waals surface area contributed by atoms with Gasteiger partial charge in [0, 0.05) is 18.1 Å². The lowest BCUT2D eigenvalue weighted by atomic mass is 10.1. The number of hydrogen-bond acceptors (Lipinski definition) is 3. The molecule has 1 fully saturated rings. The number of benzene rings is 2. The number of methoxy groups -OCH3 is 1. The van der Waals surface area contributed by atoms with Crippen molar-refractivity contribution >= 4 is 28.9 Å². The molecular weight excluding hydrogens is 324 g/mol. The van der Waals surface area contributed by atoms with E-state index in [1.54, 1.807) is 7.11 Å². The van der Waals surface area contributed by atoms with Gasteiger partial charge < -0.3 is 15.0 Å². The first-order chi connectivity index (χ1) is 11.7. The van der Waals surface area contributed by atoms with E-state index in [1.807, 2.05) is 42.5 Å². The summed E-state index contributed by atoms with van der Waals surface area (Å²) in [6.07, 6.45) is 2.66. The molecule has 1 saturated heterocycles. The van der Waals surface area contributed by atoms with Crippen LogP contribution < -0.4 is 15.0 Å². The molecule has 0 aromatic heterocycles. The first kappa shape index (κ1) is 16.7. The minimum atomic E-state index is -0.0639. The van der Waals surface area contributed by atoms with Crippen LogP contribution in [0.15, 0.2) is 42.5 Å². The fraction of sp³-hybridized carbons (Fsp3) is 0.316. The fourth-order valence-corrected chi connectivity index (χ4v) is 3.18. The Labute approximate surface area is 147 Å². The van der Waals surface area contributed by atoms with Gasteiger partial charge in [-0.2, -0.15) is 0 Å². The zero-order valence-electron chi connectivity index (χ0n) is 13.7. The summed E-state index contributed by atoms with van der Waals surface area (Å²) < 4.78 is 5.20. The van der Waals surface area contributed by atoms with E-state index in [-0.39, 0.29) is 5.91 Å². The molecule has 0 atom stereocenters. The van der Waals surface area contributed by atoms with Crippen LogP contribution in [0.4, 0.5) is 11.4 Å². The van der Waals surface area contributed by atoms with Gasteiger partial charge in [-0.05, 0) is 48.7 Å². The molecule has 4 nitrogen and oxygen atoms in total. The smallest absolute Gasteiger partial charge is 0.228 e. The Morgan fingerprint density at radius 2 is 2.00 bits per heavy atom. The summed E-state index contributed by atoms with van der Waals surface area (Å²) >= 11 is 6.12. The molecule has 5 heteroatoms. The highest BCUT2D eigenvalue weighted by Gasteiger charge is 2.17. The fourth-order valence-electron chi connectivity index (χ4n) is 3.00. The van der Waals surface area contributed by atoms with Gasteiger partial charge in [-0.1, -0.05) is 23.7 Å². The molecule has 24 heavy (non-hydrogen) atoms. The van der Waals surface area contributed by atoms with Gasteiger partial charge in [0.15, 0.2) is 0 Å². The molecule has 1 aliphatic rings. The van der Waals surface area contributed by atoms with Crippen LogP contribution in [0.3, 0.4) is 0 Å². The van der Waals surface area contributed by atoms with Crippen LogP contribution in [-0.2, 0) is 11.2 Å². The van der Waals surface area contributed by atoms with Crippen LogP contribution in [0.1, 0.15) is 18.4 Å². The monoisotopic (exact) mass is 344 g/mol. The first-order valence-corrected chi connectivity index (χ1v) is 8.51. The number of ether oxygens (including phenoxy) is 1. The molecule has 1 aliphatic heterocycles. The van der Waals surface area contributed by atoms with Crippen molar-refractivity contribution in [3.63, 3.8) is 0 Å². The maximum atomic E-state index is 12.4. The Morgan fingerprint density at radius 1 is 1.21 bits per heavy atom. The highest BCUT2D eigenvalue weighted by atomic mass is 35.5. The van der Waals surface area contributed by atoms with Crippen molar-refractivity contribution in [3.05, 3.63) is 53.1 Å². The summed E-state index contributed by atoms with van der Waals surface area (Å²) in [5, 5.41) is 3.63. The summed E-state index contributed by atoms with van der Waals surface area (Å²) in [7, 11) is 1.62. The second kappa shape index (κ2) is 7.58. The van der Waals surface area contributed by atoms with E-state index in [4.69, 9.17) is 16.3 Å². The average molecular weight is 345 g/mol. The molecule has 0 saturated carbocycles. The van der Waals surface area contributed by atoms with Gasteiger partial charge >= 0.3 is 0 Å². The molecule has 3 rings (SSSR count). The van der Waals surface area contributed by atoms with Crippen molar-refractivity contribution in [1.82, 2.24) is 0 Å². The zero-order chi connectivity index (χ0) is 16.9. The van der Waals surface area contributed by atoms with E-state index >= 15 is 0 Å². The van der Waals surface area contributed by atoms with Gasteiger partial charge in [-0.25, -0.2) is 0 Å². The van der Waals surface area contributed by atoms with Crippen LogP contribution >= 0.6 is 11.6 Å². The van der Waals surface area contributed by atoms with E-state index < -0.39 is 0 Å². The Kier molecular flexibility index (Phi) is 5.26. The van der Waals surface area contributed by atoms with E-state index in [9.17, 15) is 4.79 Å². The largest absolute Gasteiger partial charge is 0.497 e. The molecule has 0 spiro atoms. The summed E-state index contributed by atoms with van der Waals surface area (Å²) in [6, 6.07) is 13.2. The molecule has 0 aliphatic carbocycles. The van der Waals surface area contributed by atoms with Crippen LogP contribution in [-0.4, -0.2) is 26.1 Å². The van der Waals surface area contributed by atoms with Crippen molar-refractivity contribution in [2.24, 2.45) is 0 Å². The lowest BCUT2D eigenvalue weighted by molar-refractivity contribution is -0.115. The number of rotatable bonds is 5. The number of carbonyl (C=O) groups excluding carboxylic acids is 1.